The smallest absolute Gasteiger partial charge is 0.133 e. The van der Waals surface area contributed by atoms with Gasteiger partial charge in [-0.15, -0.1) is 0 Å². The average Bonchev–Trinajstić information content (AvgIpc) is 2.34. The second-order valence-electron chi connectivity index (χ2n) is 3.82. The summed E-state index contributed by atoms with van der Waals surface area (Å²) in [6, 6.07) is 6.23. The summed E-state index contributed by atoms with van der Waals surface area (Å²) in [5.41, 5.74) is 1.33. The van der Waals surface area contributed by atoms with Crippen molar-refractivity contribution < 1.29 is 9.47 Å². The van der Waals surface area contributed by atoms with Crippen molar-refractivity contribution in [1.29, 1.82) is 0 Å². The fraction of sp³-hybridized carbons (Fsp3) is 0.538. The zero-order chi connectivity index (χ0) is 12.5. The van der Waals surface area contributed by atoms with Gasteiger partial charge in [0.2, 0.25) is 0 Å². The lowest BCUT2D eigenvalue weighted by Crippen LogP contribution is -2.20. The molecule has 0 aliphatic heterocycles. The SMILES string of the molecule is COCCNCCCc1ccc(OC)c(Br)c1. The Kier molecular flexibility index (Phi) is 7.24. The number of halogens is 1. The van der Waals surface area contributed by atoms with E-state index in [1.165, 1.54) is 5.56 Å². The minimum atomic E-state index is 0.772. The van der Waals surface area contributed by atoms with Crippen LogP contribution in [0, 0.1) is 0 Å². The molecule has 0 fully saturated rings. The number of aryl methyl sites for hydroxylation is 1. The Morgan fingerprint density at radius 2 is 2.06 bits per heavy atom. The largest absolute Gasteiger partial charge is 0.496 e. The molecule has 0 aliphatic rings. The Morgan fingerprint density at radius 1 is 1.24 bits per heavy atom. The van der Waals surface area contributed by atoms with E-state index in [1.54, 1.807) is 14.2 Å². The van der Waals surface area contributed by atoms with E-state index in [0.29, 0.717) is 0 Å². The highest BCUT2D eigenvalue weighted by molar-refractivity contribution is 9.10. The van der Waals surface area contributed by atoms with Crippen LogP contribution in [0.15, 0.2) is 22.7 Å². The predicted octanol–water partition coefficient (Wildman–Crippen LogP) is 2.63. The lowest BCUT2D eigenvalue weighted by molar-refractivity contribution is 0.199. The van der Waals surface area contributed by atoms with Crippen LogP contribution in [0.25, 0.3) is 0 Å². The number of hydrogen-bond acceptors (Lipinski definition) is 3. The molecule has 96 valence electrons. The standard InChI is InChI=1S/C13H20BrNO2/c1-16-9-8-15-7-3-4-11-5-6-13(17-2)12(14)10-11/h5-6,10,15H,3-4,7-9H2,1-2H3. The van der Waals surface area contributed by atoms with E-state index < -0.39 is 0 Å². The van der Waals surface area contributed by atoms with E-state index in [9.17, 15) is 0 Å². The number of hydrogen-bond donors (Lipinski definition) is 1. The molecule has 1 aromatic carbocycles. The second kappa shape index (κ2) is 8.50. The molecule has 0 saturated heterocycles. The summed E-state index contributed by atoms with van der Waals surface area (Å²) in [6.45, 7) is 2.71. The van der Waals surface area contributed by atoms with Gasteiger partial charge in [0.1, 0.15) is 5.75 Å². The molecule has 0 spiro atoms. The molecule has 0 radical (unpaired) electrons. The summed E-state index contributed by atoms with van der Waals surface area (Å²) in [5, 5.41) is 3.33. The second-order valence-corrected chi connectivity index (χ2v) is 4.67. The molecule has 0 heterocycles. The van der Waals surface area contributed by atoms with Crippen LogP contribution in [-0.4, -0.2) is 33.9 Å². The van der Waals surface area contributed by atoms with E-state index in [-0.39, 0.29) is 0 Å². The number of nitrogens with one attached hydrogen (secondary N) is 1. The quantitative estimate of drug-likeness (QED) is 0.749. The van der Waals surface area contributed by atoms with Crippen molar-refractivity contribution in [3.63, 3.8) is 0 Å². The summed E-state index contributed by atoms with van der Waals surface area (Å²) in [5.74, 6) is 0.881. The Morgan fingerprint density at radius 3 is 2.71 bits per heavy atom. The van der Waals surface area contributed by atoms with Crippen molar-refractivity contribution >= 4 is 15.9 Å². The highest BCUT2D eigenvalue weighted by Gasteiger charge is 2.01. The first-order valence-corrected chi connectivity index (χ1v) is 6.59. The van der Waals surface area contributed by atoms with Gasteiger partial charge in [-0.1, -0.05) is 6.07 Å². The summed E-state index contributed by atoms with van der Waals surface area (Å²) in [7, 11) is 3.40. The Bertz CT molecular complexity index is 331. The van der Waals surface area contributed by atoms with Crippen LogP contribution in [-0.2, 0) is 11.2 Å². The molecule has 3 nitrogen and oxygen atoms in total. The third-order valence-electron chi connectivity index (χ3n) is 2.52. The van der Waals surface area contributed by atoms with Crippen LogP contribution in [0.2, 0.25) is 0 Å². The molecular weight excluding hydrogens is 282 g/mol. The van der Waals surface area contributed by atoms with Crippen molar-refractivity contribution in [1.82, 2.24) is 5.32 Å². The van der Waals surface area contributed by atoms with Gasteiger partial charge < -0.3 is 14.8 Å². The fourth-order valence-electron chi connectivity index (χ4n) is 1.58. The summed E-state index contributed by atoms with van der Waals surface area (Å²) >= 11 is 3.49. The molecule has 1 aromatic rings. The molecule has 1 rings (SSSR count). The Balaban J connectivity index is 2.25. The first kappa shape index (κ1) is 14.5. The number of ether oxygens (including phenoxy) is 2. The van der Waals surface area contributed by atoms with E-state index >= 15 is 0 Å². The Labute approximate surface area is 112 Å². The fourth-order valence-corrected chi connectivity index (χ4v) is 2.17. The lowest BCUT2D eigenvalue weighted by Gasteiger charge is -2.07. The van der Waals surface area contributed by atoms with Crippen LogP contribution in [0.5, 0.6) is 5.75 Å². The average molecular weight is 302 g/mol. The van der Waals surface area contributed by atoms with E-state index in [4.69, 9.17) is 9.47 Å². The zero-order valence-electron chi connectivity index (χ0n) is 10.5. The number of rotatable bonds is 8. The molecule has 0 atom stereocenters. The first-order valence-electron chi connectivity index (χ1n) is 5.80. The van der Waals surface area contributed by atoms with Gasteiger partial charge in [0, 0.05) is 13.7 Å². The molecule has 0 bridgehead atoms. The van der Waals surface area contributed by atoms with Crippen molar-refractivity contribution in [2.24, 2.45) is 0 Å². The monoisotopic (exact) mass is 301 g/mol. The summed E-state index contributed by atoms with van der Waals surface area (Å²) < 4.78 is 11.2. The molecule has 0 aromatic heterocycles. The molecule has 0 saturated carbocycles. The minimum absolute atomic E-state index is 0.772. The predicted molar refractivity (Wildman–Crippen MR) is 73.8 cm³/mol. The maximum Gasteiger partial charge on any atom is 0.133 e. The van der Waals surface area contributed by atoms with Gasteiger partial charge in [0.25, 0.3) is 0 Å². The van der Waals surface area contributed by atoms with Gasteiger partial charge in [0.15, 0.2) is 0 Å². The van der Waals surface area contributed by atoms with Gasteiger partial charge in [-0.25, -0.2) is 0 Å². The van der Waals surface area contributed by atoms with Crippen LogP contribution in [0.1, 0.15) is 12.0 Å². The van der Waals surface area contributed by atoms with Gasteiger partial charge in [-0.05, 0) is 53.0 Å². The van der Waals surface area contributed by atoms with Gasteiger partial charge in [-0.2, -0.15) is 0 Å². The van der Waals surface area contributed by atoms with Crippen molar-refractivity contribution in [2.75, 3.05) is 33.9 Å². The third kappa shape index (κ3) is 5.52. The van der Waals surface area contributed by atoms with Gasteiger partial charge >= 0.3 is 0 Å². The van der Waals surface area contributed by atoms with Crippen molar-refractivity contribution in [2.45, 2.75) is 12.8 Å². The lowest BCUT2D eigenvalue weighted by atomic mass is 10.1. The molecular formula is C13H20BrNO2. The van der Waals surface area contributed by atoms with Crippen LogP contribution in [0.3, 0.4) is 0 Å². The molecule has 0 unspecified atom stereocenters. The minimum Gasteiger partial charge on any atom is -0.496 e. The summed E-state index contributed by atoms with van der Waals surface area (Å²) in [6.07, 6.45) is 2.20. The molecule has 17 heavy (non-hydrogen) atoms. The Hall–Kier alpha value is -0.580. The normalized spacial score (nSPS) is 10.5. The molecule has 4 heteroatoms. The summed E-state index contributed by atoms with van der Waals surface area (Å²) in [4.78, 5) is 0. The maximum atomic E-state index is 5.20. The maximum absolute atomic E-state index is 5.20. The number of methoxy groups -OCH3 is 2. The topological polar surface area (TPSA) is 30.5 Å². The van der Waals surface area contributed by atoms with Crippen LogP contribution < -0.4 is 10.1 Å². The molecule has 0 amide bonds. The van der Waals surface area contributed by atoms with E-state index in [0.717, 1.165) is 42.8 Å². The highest BCUT2D eigenvalue weighted by atomic mass is 79.9. The number of benzene rings is 1. The molecule has 0 aliphatic carbocycles. The van der Waals surface area contributed by atoms with Crippen LogP contribution >= 0.6 is 15.9 Å². The van der Waals surface area contributed by atoms with Gasteiger partial charge in [-0.3, -0.25) is 0 Å². The first-order chi connectivity index (χ1) is 8.27. The highest BCUT2D eigenvalue weighted by Crippen LogP contribution is 2.25. The molecule has 1 N–H and O–H groups in total. The van der Waals surface area contributed by atoms with E-state index in [1.807, 2.05) is 6.07 Å². The van der Waals surface area contributed by atoms with Gasteiger partial charge in [0.05, 0.1) is 18.2 Å². The van der Waals surface area contributed by atoms with E-state index in [2.05, 4.69) is 33.4 Å². The van der Waals surface area contributed by atoms with Crippen LogP contribution in [0.4, 0.5) is 0 Å². The third-order valence-corrected chi connectivity index (χ3v) is 3.14. The van der Waals surface area contributed by atoms with Crippen molar-refractivity contribution in [3.05, 3.63) is 28.2 Å². The van der Waals surface area contributed by atoms with Crippen molar-refractivity contribution in [3.8, 4) is 5.75 Å². The zero-order valence-corrected chi connectivity index (χ0v) is 12.0.